The Bertz CT molecular complexity index is 940. The Morgan fingerprint density at radius 3 is 2.21 bits per heavy atom. The molecule has 0 unspecified atom stereocenters. The van der Waals surface area contributed by atoms with Crippen LogP contribution in [-0.4, -0.2) is 55.5 Å². The molecule has 1 fully saturated rings. The lowest BCUT2D eigenvalue weighted by Crippen LogP contribution is -2.40. The fourth-order valence-corrected chi connectivity index (χ4v) is 3.50. The first-order valence-electron chi connectivity index (χ1n) is 11.5. The molecule has 0 bridgehead atoms. The molecule has 1 aliphatic rings. The highest BCUT2D eigenvalue weighted by atomic mass is 16.5. The van der Waals surface area contributed by atoms with E-state index in [4.69, 9.17) is 4.74 Å². The van der Waals surface area contributed by atoms with Gasteiger partial charge in [-0.2, -0.15) is 0 Å². The number of amides is 3. The molecule has 0 spiro atoms. The van der Waals surface area contributed by atoms with Crippen LogP contribution < -0.4 is 16.0 Å². The molecular formula is C25H32N4O4. The van der Waals surface area contributed by atoms with Crippen LogP contribution in [0.15, 0.2) is 48.5 Å². The molecule has 2 aromatic carbocycles. The smallest absolute Gasteiger partial charge is 0.254 e. The van der Waals surface area contributed by atoms with Gasteiger partial charge in [0.05, 0.1) is 19.8 Å². The lowest BCUT2D eigenvalue weighted by atomic mass is 10.1. The number of carbonyl (C=O) groups excluding carboxylic acids is 3. The van der Waals surface area contributed by atoms with E-state index in [1.54, 1.807) is 53.4 Å². The van der Waals surface area contributed by atoms with E-state index in [9.17, 15) is 14.4 Å². The van der Waals surface area contributed by atoms with Crippen LogP contribution in [0.2, 0.25) is 0 Å². The van der Waals surface area contributed by atoms with Crippen molar-refractivity contribution in [3.05, 3.63) is 54.1 Å². The molecule has 1 aliphatic heterocycles. The molecule has 0 atom stereocenters. The Morgan fingerprint density at radius 1 is 0.879 bits per heavy atom. The number of ether oxygens (including phenoxy) is 1. The highest BCUT2D eigenvalue weighted by molar-refractivity contribution is 5.96. The summed E-state index contributed by atoms with van der Waals surface area (Å²) in [6.07, 6.45) is 3.46. The van der Waals surface area contributed by atoms with Gasteiger partial charge in [-0.25, -0.2) is 0 Å². The predicted molar refractivity (Wildman–Crippen MR) is 129 cm³/mol. The second-order valence-electron chi connectivity index (χ2n) is 7.97. The molecule has 2 aromatic rings. The van der Waals surface area contributed by atoms with Crippen molar-refractivity contribution in [3.8, 4) is 0 Å². The van der Waals surface area contributed by atoms with Gasteiger partial charge in [-0.15, -0.1) is 0 Å². The third-order valence-corrected chi connectivity index (χ3v) is 5.32. The average molecular weight is 453 g/mol. The van der Waals surface area contributed by atoms with Crippen molar-refractivity contribution < 1.29 is 19.1 Å². The van der Waals surface area contributed by atoms with Crippen LogP contribution >= 0.6 is 0 Å². The van der Waals surface area contributed by atoms with Crippen molar-refractivity contribution in [2.45, 2.75) is 32.6 Å². The fraction of sp³-hybridized carbons (Fsp3) is 0.400. The highest BCUT2D eigenvalue weighted by Gasteiger charge is 2.18. The summed E-state index contributed by atoms with van der Waals surface area (Å²) >= 11 is 0. The first-order valence-corrected chi connectivity index (χ1v) is 11.5. The second kappa shape index (κ2) is 12.6. The number of nitrogens with one attached hydrogen (secondary N) is 3. The maximum atomic E-state index is 12.5. The molecule has 1 heterocycles. The van der Waals surface area contributed by atoms with Crippen LogP contribution in [0, 0.1) is 0 Å². The standard InChI is InChI=1S/C25H32N4O4/c1-2-3-4-8-23(30)27-21-6-5-7-22(17-21)28-24(31)18-26-20-11-9-19(10-12-20)25(32)29-13-15-33-16-14-29/h5-7,9-12,17,26H,2-4,8,13-16,18H2,1H3,(H,27,30)(H,28,31). The van der Waals surface area contributed by atoms with Gasteiger partial charge in [0, 0.05) is 42.1 Å². The molecule has 33 heavy (non-hydrogen) atoms. The van der Waals surface area contributed by atoms with Crippen LogP contribution in [0.1, 0.15) is 43.0 Å². The van der Waals surface area contributed by atoms with Gasteiger partial charge in [0.15, 0.2) is 0 Å². The van der Waals surface area contributed by atoms with Crippen LogP contribution in [0.4, 0.5) is 17.1 Å². The zero-order valence-corrected chi connectivity index (χ0v) is 19.1. The van der Waals surface area contributed by atoms with E-state index in [0.717, 1.165) is 24.9 Å². The Morgan fingerprint density at radius 2 is 1.55 bits per heavy atom. The largest absolute Gasteiger partial charge is 0.378 e. The Hall–Kier alpha value is -3.39. The summed E-state index contributed by atoms with van der Waals surface area (Å²) in [6, 6.07) is 14.2. The summed E-state index contributed by atoms with van der Waals surface area (Å²) in [4.78, 5) is 38.6. The summed E-state index contributed by atoms with van der Waals surface area (Å²) in [7, 11) is 0. The minimum absolute atomic E-state index is 0.0140. The van der Waals surface area contributed by atoms with Gasteiger partial charge in [0.1, 0.15) is 0 Å². The molecule has 0 aromatic heterocycles. The van der Waals surface area contributed by atoms with Gasteiger partial charge in [0.25, 0.3) is 5.91 Å². The molecule has 0 aliphatic carbocycles. The Kier molecular flexibility index (Phi) is 9.26. The molecule has 0 saturated carbocycles. The number of unbranched alkanes of at least 4 members (excludes halogenated alkanes) is 2. The van der Waals surface area contributed by atoms with Crippen molar-refractivity contribution in [2.24, 2.45) is 0 Å². The second-order valence-corrected chi connectivity index (χ2v) is 7.97. The van der Waals surface area contributed by atoms with Crippen LogP contribution in [-0.2, 0) is 14.3 Å². The minimum atomic E-state index is -0.213. The van der Waals surface area contributed by atoms with Crippen LogP contribution in [0.25, 0.3) is 0 Å². The van der Waals surface area contributed by atoms with E-state index < -0.39 is 0 Å². The maximum absolute atomic E-state index is 12.5. The number of anilines is 3. The van der Waals surface area contributed by atoms with Gasteiger partial charge in [0.2, 0.25) is 11.8 Å². The summed E-state index contributed by atoms with van der Waals surface area (Å²) in [5.41, 5.74) is 2.62. The number of rotatable bonds is 10. The van der Waals surface area contributed by atoms with E-state index in [0.29, 0.717) is 49.7 Å². The number of nitrogens with zero attached hydrogens (tertiary/aromatic N) is 1. The number of hydrogen-bond donors (Lipinski definition) is 3. The topological polar surface area (TPSA) is 99.8 Å². The molecule has 176 valence electrons. The molecule has 8 nitrogen and oxygen atoms in total. The zero-order chi connectivity index (χ0) is 23.5. The highest BCUT2D eigenvalue weighted by Crippen LogP contribution is 2.16. The Labute approximate surface area is 194 Å². The van der Waals surface area contributed by atoms with E-state index in [1.165, 1.54) is 0 Å². The molecule has 1 saturated heterocycles. The molecule has 8 heteroatoms. The van der Waals surface area contributed by atoms with Gasteiger partial charge in [-0.3, -0.25) is 14.4 Å². The third kappa shape index (κ3) is 7.91. The van der Waals surface area contributed by atoms with Crippen molar-refractivity contribution in [2.75, 3.05) is 48.8 Å². The first-order chi connectivity index (χ1) is 16.0. The van der Waals surface area contributed by atoms with Crippen molar-refractivity contribution in [3.63, 3.8) is 0 Å². The lowest BCUT2D eigenvalue weighted by molar-refractivity contribution is -0.116. The number of hydrogen-bond acceptors (Lipinski definition) is 5. The number of morpholine rings is 1. The third-order valence-electron chi connectivity index (χ3n) is 5.32. The maximum Gasteiger partial charge on any atom is 0.254 e. The van der Waals surface area contributed by atoms with Crippen molar-refractivity contribution in [1.82, 2.24) is 4.90 Å². The minimum Gasteiger partial charge on any atom is -0.378 e. The van der Waals surface area contributed by atoms with Gasteiger partial charge in [-0.1, -0.05) is 25.8 Å². The normalized spacial score (nSPS) is 13.3. The number of benzene rings is 2. The summed E-state index contributed by atoms with van der Waals surface area (Å²) in [5, 5.41) is 8.75. The quantitative estimate of drug-likeness (QED) is 0.477. The fourth-order valence-electron chi connectivity index (χ4n) is 3.50. The van der Waals surface area contributed by atoms with Crippen LogP contribution in [0.3, 0.4) is 0 Å². The molecule has 3 amide bonds. The summed E-state index contributed by atoms with van der Waals surface area (Å²) in [5.74, 6) is -0.251. The molecular weight excluding hydrogens is 420 g/mol. The molecule has 3 rings (SSSR count). The first kappa shape index (κ1) is 24.3. The van der Waals surface area contributed by atoms with E-state index in [1.807, 2.05) is 0 Å². The SMILES string of the molecule is CCCCCC(=O)Nc1cccc(NC(=O)CNc2ccc(C(=O)N3CCOCC3)cc2)c1. The summed E-state index contributed by atoms with van der Waals surface area (Å²) < 4.78 is 5.28. The average Bonchev–Trinajstić information content (AvgIpc) is 2.83. The van der Waals surface area contributed by atoms with E-state index >= 15 is 0 Å². The van der Waals surface area contributed by atoms with Crippen molar-refractivity contribution in [1.29, 1.82) is 0 Å². The Balaban J connectivity index is 1.45. The van der Waals surface area contributed by atoms with Gasteiger partial charge in [-0.05, 0) is 48.9 Å². The summed E-state index contributed by atoms with van der Waals surface area (Å²) in [6.45, 7) is 4.50. The molecule has 0 radical (unpaired) electrons. The van der Waals surface area contributed by atoms with Gasteiger partial charge < -0.3 is 25.6 Å². The lowest BCUT2D eigenvalue weighted by Gasteiger charge is -2.26. The van der Waals surface area contributed by atoms with E-state index in [2.05, 4.69) is 22.9 Å². The van der Waals surface area contributed by atoms with Gasteiger partial charge >= 0.3 is 0 Å². The number of carbonyl (C=O) groups is 3. The zero-order valence-electron chi connectivity index (χ0n) is 19.1. The van der Waals surface area contributed by atoms with Crippen molar-refractivity contribution >= 4 is 34.8 Å². The van der Waals surface area contributed by atoms with Crippen LogP contribution in [0.5, 0.6) is 0 Å². The monoisotopic (exact) mass is 452 g/mol. The predicted octanol–water partition coefficient (Wildman–Crippen LogP) is 3.73. The van der Waals surface area contributed by atoms with E-state index in [-0.39, 0.29) is 24.3 Å². The molecule has 3 N–H and O–H groups in total.